The molecule has 2 heterocycles. The summed E-state index contributed by atoms with van der Waals surface area (Å²) in [6.07, 6.45) is 0. The lowest BCUT2D eigenvalue weighted by Gasteiger charge is -2.09. The first kappa shape index (κ1) is 15.6. The molecule has 0 aliphatic rings. The first-order valence-electron chi connectivity index (χ1n) is 6.76. The molecular formula is C13H21N5O2S. The molecule has 2 aromatic heterocycles. The molecule has 0 spiro atoms. The van der Waals surface area contributed by atoms with Crippen LogP contribution < -0.4 is 4.72 Å². The van der Waals surface area contributed by atoms with Crippen molar-refractivity contribution in [3.8, 4) is 0 Å². The lowest BCUT2D eigenvalue weighted by molar-refractivity contribution is 0.598. The molecule has 0 aliphatic carbocycles. The zero-order chi connectivity index (χ0) is 15.9. The molecule has 8 heteroatoms. The molecule has 116 valence electrons. The molecule has 0 radical (unpaired) electrons. The number of hydrogen-bond donors (Lipinski definition) is 1. The Morgan fingerprint density at radius 1 is 1.05 bits per heavy atom. The van der Waals surface area contributed by atoms with E-state index in [1.54, 1.807) is 37.2 Å². The maximum Gasteiger partial charge on any atom is 0.265 e. The summed E-state index contributed by atoms with van der Waals surface area (Å²) in [6.45, 7) is 9.64. The van der Waals surface area contributed by atoms with Crippen LogP contribution in [0.1, 0.15) is 29.7 Å². The summed E-state index contributed by atoms with van der Waals surface area (Å²) >= 11 is 0. The van der Waals surface area contributed by atoms with Gasteiger partial charge in [-0.3, -0.25) is 14.1 Å². The van der Waals surface area contributed by atoms with Crippen LogP contribution in [0, 0.1) is 27.7 Å². The number of rotatable bonds is 4. The first-order valence-corrected chi connectivity index (χ1v) is 8.24. The van der Waals surface area contributed by atoms with Crippen LogP contribution in [0.25, 0.3) is 0 Å². The third kappa shape index (κ3) is 2.55. The summed E-state index contributed by atoms with van der Waals surface area (Å²) in [4.78, 5) is 0.243. The van der Waals surface area contributed by atoms with Crippen molar-refractivity contribution in [3.05, 3.63) is 22.8 Å². The number of nitrogens with one attached hydrogen (secondary N) is 1. The van der Waals surface area contributed by atoms with Crippen LogP contribution in [0.2, 0.25) is 0 Å². The Balaban J connectivity index is 2.51. The van der Waals surface area contributed by atoms with E-state index in [0.29, 0.717) is 29.3 Å². The Morgan fingerprint density at radius 3 is 2.10 bits per heavy atom. The molecule has 0 aliphatic heterocycles. The van der Waals surface area contributed by atoms with E-state index in [2.05, 4.69) is 14.9 Å². The van der Waals surface area contributed by atoms with Crippen molar-refractivity contribution in [2.45, 2.75) is 46.1 Å². The highest BCUT2D eigenvalue weighted by atomic mass is 32.2. The minimum absolute atomic E-state index is 0.243. The van der Waals surface area contributed by atoms with E-state index in [9.17, 15) is 8.42 Å². The Kier molecular flexibility index (Phi) is 3.83. The van der Waals surface area contributed by atoms with E-state index in [4.69, 9.17) is 0 Å². The highest BCUT2D eigenvalue weighted by molar-refractivity contribution is 7.92. The van der Waals surface area contributed by atoms with Crippen LogP contribution in [0.3, 0.4) is 0 Å². The van der Waals surface area contributed by atoms with Gasteiger partial charge in [-0.2, -0.15) is 10.2 Å². The van der Waals surface area contributed by atoms with Crippen LogP contribution in [0.4, 0.5) is 5.69 Å². The summed E-state index contributed by atoms with van der Waals surface area (Å²) < 4.78 is 31.4. The number of hydrogen-bond acceptors (Lipinski definition) is 4. The van der Waals surface area contributed by atoms with Crippen molar-refractivity contribution in [2.75, 3.05) is 4.72 Å². The second-order valence-corrected chi connectivity index (χ2v) is 6.71. The number of aryl methyl sites for hydroxylation is 4. The molecule has 21 heavy (non-hydrogen) atoms. The van der Waals surface area contributed by atoms with Crippen LogP contribution >= 0.6 is 0 Å². The molecule has 0 fully saturated rings. The second-order valence-electron chi connectivity index (χ2n) is 5.09. The fraction of sp³-hybridized carbons (Fsp3) is 0.538. The number of nitrogens with zero attached hydrogens (tertiary/aromatic N) is 4. The van der Waals surface area contributed by atoms with Gasteiger partial charge in [0, 0.05) is 13.6 Å². The third-order valence-corrected chi connectivity index (χ3v) is 5.23. The highest BCUT2D eigenvalue weighted by Crippen LogP contribution is 2.26. The fourth-order valence-electron chi connectivity index (χ4n) is 2.48. The third-order valence-electron chi connectivity index (χ3n) is 3.63. The van der Waals surface area contributed by atoms with E-state index in [0.717, 1.165) is 5.69 Å². The van der Waals surface area contributed by atoms with Crippen molar-refractivity contribution in [1.82, 2.24) is 19.6 Å². The van der Waals surface area contributed by atoms with E-state index in [1.807, 2.05) is 13.8 Å². The number of aromatic nitrogens is 4. The van der Waals surface area contributed by atoms with Gasteiger partial charge in [-0.05, 0) is 34.6 Å². The van der Waals surface area contributed by atoms with Crippen molar-refractivity contribution in [1.29, 1.82) is 0 Å². The Bertz CT molecular complexity index is 786. The quantitative estimate of drug-likeness (QED) is 0.931. The first-order chi connectivity index (χ1) is 9.69. The van der Waals surface area contributed by atoms with Gasteiger partial charge < -0.3 is 0 Å². The summed E-state index contributed by atoms with van der Waals surface area (Å²) in [5.41, 5.74) is 3.09. The largest absolute Gasteiger partial charge is 0.276 e. The van der Waals surface area contributed by atoms with Crippen molar-refractivity contribution < 1.29 is 8.42 Å². The highest BCUT2D eigenvalue weighted by Gasteiger charge is 2.26. The SMILES string of the molecule is CCn1nc(C)c(S(=O)(=O)Nc2c(C)nn(C)c2C)c1C. The molecule has 1 N–H and O–H groups in total. The van der Waals surface area contributed by atoms with Gasteiger partial charge in [-0.1, -0.05) is 0 Å². The molecule has 0 atom stereocenters. The number of sulfonamides is 1. The number of anilines is 1. The smallest absolute Gasteiger partial charge is 0.265 e. The lowest BCUT2D eigenvalue weighted by atomic mass is 10.3. The minimum Gasteiger partial charge on any atom is -0.276 e. The maximum absolute atomic E-state index is 12.7. The van der Waals surface area contributed by atoms with Gasteiger partial charge >= 0.3 is 0 Å². The summed E-state index contributed by atoms with van der Waals surface area (Å²) in [5, 5.41) is 8.49. The molecule has 0 bridgehead atoms. The Hall–Kier alpha value is -1.83. The average Bonchev–Trinajstić information content (AvgIpc) is 2.80. The van der Waals surface area contributed by atoms with Crippen LogP contribution in [0.15, 0.2) is 4.90 Å². The topological polar surface area (TPSA) is 81.8 Å². The summed E-state index contributed by atoms with van der Waals surface area (Å²) in [7, 11) is -1.90. The molecule has 0 saturated heterocycles. The molecule has 2 rings (SSSR count). The standard InChI is InChI=1S/C13H21N5O2S/c1-7-18-11(5)13(9(3)15-18)21(19,20)16-12-8(2)14-17(6)10(12)4/h16H,7H2,1-6H3. The van der Waals surface area contributed by atoms with Crippen molar-refractivity contribution in [3.63, 3.8) is 0 Å². The monoisotopic (exact) mass is 311 g/mol. The van der Waals surface area contributed by atoms with Crippen LogP contribution in [0.5, 0.6) is 0 Å². The lowest BCUT2D eigenvalue weighted by Crippen LogP contribution is -2.16. The van der Waals surface area contributed by atoms with E-state index >= 15 is 0 Å². The summed E-state index contributed by atoms with van der Waals surface area (Å²) in [6, 6.07) is 0. The van der Waals surface area contributed by atoms with Gasteiger partial charge in [0.05, 0.1) is 28.5 Å². The zero-order valence-electron chi connectivity index (χ0n) is 13.2. The summed E-state index contributed by atoms with van der Waals surface area (Å²) in [5.74, 6) is 0. The molecule has 0 unspecified atom stereocenters. The van der Waals surface area contributed by atoms with Gasteiger partial charge in [0.1, 0.15) is 4.90 Å². The molecule has 0 saturated carbocycles. The maximum atomic E-state index is 12.7. The Labute approximate surface area is 125 Å². The molecule has 2 aromatic rings. The zero-order valence-corrected chi connectivity index (χ0v) is 14.0. The van der Waals surface area contributed by atoms with E-state index < -0.39 is 10.0 Å². The van der Waals surface area contributed by atoms with Crippen LogP contribution in [-0.2, 0) is 23.6 Å². The Morgan fingerprint density at radius 2 is 1.67 bits per heavy atom. The molecule has 0 amide bonds. The fourth-order valence-corrected chi connectivity index (χ4v) is 4.07. The minimum atomic E-state index is -3.68. The van der Waals surface area contributed by atoms with Gasteiger partial charge in [-0.15, -0.1) is 0 Å². The molecular weight excluding hydrogens is 290 g/mol. The predicted octanol–water partition coefficient (Wildman–Crippen LogP) is 1.67. The average molecular weight is 311 g/mol. The van der Waals surface area contributed by atoms with Crippen LogP contribution in [-0.4, -0.2) is 28.0 Å². The van der Waals surface area contributed by atoms with Crippen molar-refractivity contribution >= 4 is 15.7 Å². The van der Waals surface area contributed by atoms with Gasteiger partial charge in [0.2, 0.25) is 0 Å². The molecule has 0 aromatic carbocycles. The van der Waals surface area contributed by atoms with Gasteiger partial charge in [0.25, 0.3) is 10.0 Å². The second kappa shape index (κ2) is 5.18. The van der Waals surface area contributed by atoms with Gasteiger partial charge in [0.15, 0.2) is 0 Å². The normalized spacial score (nSPS) is 11.9. The predicted molar refractivity (Wildman–Crippen MR) is 80.9 cm³/mol. The molecule has 7 nitrogen and oxygen atoms in total. The van der Waals surface area contributed by atoms with Gasteiger partial charge in [-0.25, -0.2) is 8.42 Å². The van der Waals surface area contributed by atoms with Crippen molar-refractivity contribution in [2.24, 2.45) is 7.05 Å². The van der Waals surface area contributed by atoms with E-state index in [1.165, 1.54) is 0 Å². The van der Waals surface area contributed by atoms with E-state index in [-0.39, 0.29) is 4.90 Å².